The van der Waals surface area contributed by atoms with E-state index >= 15 is 0 Å². The topological polar surface area (TPSA) is 90.7 Å². The van der Waals surface area contributed by atoms with Crippen LogP contribution in [0.25, 0.3) is 10.4 Å². The second-order valence-electron chi connectivity index (χ2n) is 5.52. The van der Waals surface area contributed by atoms with Crippen molar-refractivity contribution in [2.45, 2.75) is 19.8 Å². The molecule has 0 atom stereocenters. The van der Waals surface area contributed by atoms with Gasteiger partial charge >= 0.3 is 0 Å². The average molecular weight is 346 g/mol. The molecule has 1 aliphatic rings. The van der Waals surface area contributed by atoms with Crippen LogP contribution in [0.15, 0.2) is 12.1 Å². The highest BCUT2D eigenvalue weighted by atomic mass is 32.1. The molecule has 126 valence electrons. The molecule has 0 radical (unpaired) electrons. The molecule has 6 nitrogen and oxygen atoms in total. The Bertz CT molecular complexity index is 824. The summed E-state index contributed by atoms with van der Waals surface area (Å²) in [6, 6.07) is 3.79. The largest absolute Gasteiger partial charge is 0.497 e. The minimum absolute atomic E-state index is 0.238. The molecule has 3 N–H and O–H groups in total. The first-order chi connectivity index (χ1) is 11.5. The van der Waals surface area contributed by atoms with Crippen molar-refractivity contribution >= 4 is 28.2 Å². The number of carbonyl (C=O) groups excluding carboxylic acids is 2. The summed E-state index contributed by atoms with van der Waals surface area (Å²) in [6.07, 6.45) is 1.42. The minimum atomic E-state index is -0.535. The highest BCUT2D eigenvalue weighted by molar-refractivity contribution is 7.20. The van der Waals surface area contributed by atoms with E-state index in [1.807, 2.05) is 12.1 Å². The van der Waals surface area contributed by atoms with Crippen LogP contribution in [0.5, 0.6) is 11.5 Å². The summed E-state index contributed by atoms with van der Waals surface area (Å²) >= 11 is 1.35. The number of hydrogen-bond donors (Lipinski definition) is 2. The number of methoxy groups -OCH3 is 2. The predicted octanol–water partition coefficient (Wildman–Crippen LogP) is 2.59. The van der Waals surface area contributed by atoms with Crippen LogP contribution >= 0.6 is 11.3 Å². The summed E-state index contributed by atoms with van der Waals surface area (Å²) in [5, 5.41) is 3.21. The van der Waals surface area contributed by atoms with Crippen molar-refractivity contribution in [2.75, 3.05) is 19.5 Å². The van der Waals surface area contributed by atoms with Gasteiger partial charge in [0, 0.05) is 23.4 Å². The van der Waals surface area contributed by atoms with Crippen LogP contribution in [0, 0.1) is 0 Å². The van der Waals surface area contributed by atoms with Crippen molar-refractivity contribution in [1.29, 1.82) is 0 Å². The van der Waals surface area contributed by atoms with Crippen molar-refractivity contribution < 1.29 is 19.1 Å². The molecule has 0 spiro atoms. The van der Waals surface area contributed by atoms with E-state index in [0.717, 1.165) is 33.7 Å². The zero-order valence-electron chi connectivity index (χ0n) is 13.7. The Morgan fingerprint density at radius 3 is 2.54 bits per heavy atom. The van der Waals surface area contributed by atoms with Crippen molar-refractivity contribution in [2.24, 2.45) is 5.73 Å². The third-order valence-electron chi connectivity index (χ3n) is 4.03. The molecule has 0 fully saturated rings. The van der Waals surface area contributed by atoms with Gasteiger partial charge in [0.15, 0.2) is 0 Å². The number of carbonyl (C=O) groups is 2. The number of thiophene rings is 1. The Balaban J connectivity index is 2.25. The monoisotopic (exact) mass is 346 g/mol. The Kier molecular flexibility index (Phi) is 4.19. The van der Waals surface area contributed by atoms with Gasteiger partial charge in [-0.2, -0.15) is 0 Å². The summed E-state index contributed by atoms with van der Waals surface area (Å²) in [7, 11) is 3.21. The number of amides is 2. The van der Waals surface area contributed by atoms with Crippen molar-refractivity contribution in [1.82, 2.24) is 0 Å². The molecule has 0 aliphatic heterocycles. The molecule has 0 saturated carbocycles. The number of ether oxygens (including phenoxy) is 2. The fourth-order valence-electron chi connectivity index (χ4n) is 3.05. The van der Waals surface area contributed by atoms with Crippen molar-refractivity contribution in [3.63, 3.8) is 0 Å². The summed E-state index contributed by atoms with van der Waals surface area (Å²) in [6.45, 7) is 1.41. The lowest BCUT2D eigenvalue weighted by Crippen LogP contribution is -2.17. The lowest BCUT2D eigenvalue weighted by Gasteiger charge is -2.20. The first-order valence-corrected chi connectivity index (χ1v) is 8.26. The maximum Gasteiger partial charge on any atom is 0.252 e. The Morgan fingerprint density at radius 2 is 1.96 bits per heavy atom. The van der Waals surface area contributed by atoms with Gasteiger partial charge in [0.2, 0.25) is 5.91 Å². The second kappa shape index (κ2) is 6.16. The lowest BCUT2D eigenvalue weighted by atomic mass is 9.88. The number of rotatable bonds is 4. The normalized spacial score (nSPS) is 12.1. The number of anilines is 1. The van der Waals surface area contributed by atoms with Crippen LogP contribution in [-0.4, -0.2) is 26.0 Å². The standard InChI is InChI=1S/C17H18N2O4S/c1-8(20)19-17-14(16(18)21)11-5-4-9-6-10(22-2)7-12(23-3)13(9)15(11)24-17/h6-7H,4-5H2,1-3H3,(H2,18,21)(H,19,20). The van der Waals surface area contributed by atoms with E-state index < -0.39 is 5.91 Å². The van der Waals surface area contributed by atoms with Gasteiger partial charge in [-0.1, -0.05) is 0 Å². The van der Waals surface area contributed by atoms with Crippen LogP contribution in [0.1, 0.15) is 28.4 Å². The number of fused-ring (bicyclic) bond motifs is 3. The van der Waals surface area contributed by atoms with Crippen LogP contribution in [-0.2, 0) is 17.6 Å². The Hall–Kier alpha value is -2.54. The van der Waals surface area contributed by atoms with Crippen LogP contribution in [0.3, 0.4) is 0 Å². The highest BCUT2D eigenvalue weighted by Crippen LogP contribution is 2.49. The van der Waals surface area contributed by atoms with Gasteiger partial charge in [-0.05, 0) is 30.0 Å². The summed E-state index contributed by atoms with van der Waals surface area (Å²) in [5.74, 6) is 0.630. The maximum absolute atomic E-state index is 11.9. The SMILES string of the molecule is COc1cc2c(c(OC)c1)-c1sc(NC(C)=O)c(C(N)=O)c1CC2. The Labute approximate surface area is 143 Å². The molecule has 1 heterocycles. The molecule has 0 unspecified atom stereocenters. The molecule has 24 heavy (non-hydrogen) atoms. The van der Waals surface area contributed by atoms with Gasteiger partial charge in [-0.15, -0.1) is 11.3 Å². The van der Waals surface area contributed by atoms with Gasteiger partial charge < -0.3 is 20.5 Å². The maximum atomic E-state index is 11.9. The summed E-state index contributed by atoms with van der Waals surface area (Å²) < 4.78 is 10.8. The molecular weight excluding hydrogens is 328 g/mol. The Morgan fingerprint density at radius 1 is 1.21 bits per heavy atom. The van der Waals surface area contributed by atoms with E-state index in [-0.39, 0.29) is 5.91 Å². The molecule has 3 rings (SSSR count). The molecule has 2 aromatic rings. The summed E-state index contributed by atoms with van der Waals surface area (Å²) in [5.41, 5.74) is 8.85. The molecule has 1 aromatic carbocycles. The third kappa shape index (κ3) is 2.60. The smallest absolute Gasteiger partial charge is 0.252 e. The number of nitrogens with one attached hydrogen (secondary N) is 1. The van der Waals surface area contributed by atoms with Crippen molar-refractivity contribution in [3.05, 3.63) is 28.8 Å². The molecule has 0 bridgehead atoms. The molecule has 2 amide bonds. The second-order valence-corrected chi connectivity index (χ2v) is 6.54. The highest BCUT2D eigenvalue weighted by Gasteiger charge is 2.30. The third-order valence-corrected chi connectivity index (χ3v) is 5.19. The minimum Gasteiger partial charge on any atom is -0.497 e. The predicted molar refractivity (Wildman–Crippen MR) is 93.1 cm³/mol. The van der Waals surface area contributed by atoms with Crippen LogP contribution < -0.4 is 20.5 Å². The average Bonchev–Trinajstić information content (AvgIpc) is 2.90. The number of hydrogen-bond acceptors (Lipinski definition) is 5. The lowest BCUT2D eigenvalue weighted by molar-refractivity contribution is -0.114. The van der Waals surface area contributed by atoms with Gasteiger partial charge in [0.25, 0.3) is 5.91 Å². The molecule has 0 saturated heterocycles. The fourth-order valence-corrected chi connectivity index (χ4v) is 4.44. The molecule has 1 aromatic heterocycles. The van der Waals surface area contributed by atoms with E-state index in [0.29, 0.717) is 22.7 Å². The van der Waals surface area contributed by atoms with E-state index in [4.69, 9.17) is 15.2 Å². The van der Waals surface area contributed by atoms with Gasteiger partial charge in [0.05, 0.1) is 19.8 Å². The van der Waals surface area contributed by atoms with E-state index in [1.165, 1.54) is 18.3 Å². The van der Waals surface area contributed by atoms with Gasteiger partial charge in [-0.25, -0.2) is 0 Å². The number of aryl methyl sites for hydroxylation is 1. The number of benzene rings is 1. The van der Waals surface area contributed by atoms with E-state index in [2.05, 4.69) is 5.32 Å². The fraction of sp³-hybridized carbons (Fsp3) is 0.294. The van der Waals surface area contributed by atoms with Crippen LogP contribution in [0.2, 0.25) is 0 Å². The van der Waals surface area contributed by atoms with E-state index in [1.54, 1.807) is 14.2 Å². The summed E-state index contributed by atoms with van der Waals surface area (Å²) in [4.78, 5) is 24.3. The molecule has 7 heteroatoms. The van der Waals surface area contributed by atoms with Crippen molar-refractivity contribution in [3.8, 4) is 21.9 Å². The van der Waals surface area contributed by atoms with Crippen LogP contribution in [0.4, 0.5) is 5.00 Å². The number of primary amides is 1. The van der Waals surface area contributed by atoms with Gasteiger partial charge in [-0.3, -0.25) is 9.59 Å². The van der Waals surface area contributed by atoms with Gasteiger partial charge in [0.1, 0.15) is 16.5 Å². The quantitative estimate of drug-likeness (QED) is 0.890. The molecule has 1 aliphatic carbocycles. The number of nitrogens with two attached hydrogens (primary N) is 1. The first-order valence-electron chi connectivity index (χ1n) is 7.44. The van der Waals surface area contributed by atoms with E-state index in [9.17, 15) is 9.59 Å². The molecular formula is C17H18N2O4S. The zero-order chi connectivity index (χ0) is 17.4. The zero-order valence-corrected chi connectivity index (χ0v) is 14.5. The first kappa shape index (κ1) is 16.3.